The maximum atomic E-state index is 14.7. The fourth-order valence-electron chi connectivity index (χ4n) is 2.75. The van der Waals surface area contributed by atoms with Crippen LogP contribution in [0.4, 0.5) is 14.5 Å². The number of amides is 1. The summed E-state index contributed by atoms with van der Waals surface area (Å²) in [6.07, 6.45) is 1.84. The van der Waals surface area contributed by atoms with Crippen molar-refractivity contribution >= 4 is 27.6 Å². The van der Waals surface area contributed by atoms with Crippen molar-refractivity contribution in [1.82, 2.24) is 14.3 Å². The Kier molecular flexibility index (Phi) is 3.96. The van der Waals surface area contributed by atoms with Crippen molar-refractivity contribution in [3.05, 3.63) is 57.8 Å². The van der Waals surface area contributed by atoms with Gasteiger partial charge >= 0.3 is 0 Å². The second kappa shape index (κ2) is 6.92. The number of halogens is 2. The van der Waals surface area contributed by atoms with Crippen molar-refractivity contribution in [3.63, 3.8) is 0 Å². The second-order valence-electron chi connectivity index (χ2n) is 6.33. The van der Waals surface area contributed by atoms with E-state index in [1.54, 1.807) is 0 Å². The SMILES string of the molecule is [2H]C([2H])([2H])N1C(N)=N[C@](C)(c2cc(NC(=O)c3c[nH]c(=O)cn3)cc(F)c2F)CS1(=O)=O. The Hall–Kier alpha value is -3.35. The molecule has 0 spiro atoms. The Morgan fingerprint density at radius 2 is 2.17 bits per heavy atom. The van der Waals surface area contributed by atoms with Gasteiger partial charge in [0.1, 0.15) is 11.2 Å². The highest BCUT2D eigenvalue weighted by Crippen LogP contribution is 2.35. The van der Waals surface area contributed by atoms with E-state index < -0.39 is 62.9 Å². The summed E-state index contributed by atoms with van der Waals surface area (Å²) < 4.78 is 76.1. The van der Waals surface area contributed by atoms with Crippen molar-refractivity contribution in [2.75, 3.05) is 18.0 Å². The molecule has 0 fully saturated rings. The number of benzene rings is 1. The number of H-pyrrole nitrogens is 1. The van der Waals surface area contributed by atoms with Gasteiger partial charge in [-0.05, 0) is 13.0 Å². The largest absolute Gasteiger partial charge is 0.369 e. The Labute approximate surface area is 167 Å². The number of carbonyl (C=O) groups is 1. The van der Waals surface area contributed by atoms with Crippen LogP contribution in [0, 0.1) is 11.6 Å². The van der Waals surface area contributed by atoms with Gasteiger partial charge in [0.05, 0.1) is 11.9 Å². The number of guanidine groups is 1. The molecular formula is C16H16F2N6O4S. The summed E-state index contributed by atoms with van der Waals surface area (Å²) in [6, 6.07) is 1.59. The monoisotopic (exact) mass is 429 g/mol. The summed E-state index contributed by atoms with van der Waals surface area (Å²) in [5, 5.41) is 2.25. The summed E-state index contributed by atoms with van der Waals surface area (Å²) in [5.74, 6) is -5.73. The predicted molar refractivity (Wildman–Crippen MR) is 99.7 cm³/mol. The smallest absolute Gasteiger partial charge is 0.275 e. The van der Waals surface area contributed by atoms with Crippen molar-refractivity contribution in [1.29, 1.82) is 0 Å². The van der Waals surface area contributed by atoms with Crippen LogP contribution in [0.15, 0.2) is 34.3 Å². The lowest BCUT2D eigenvalue weighted by Crippen LogP contribution is -2.50. The predicted octanol–water partition coefficient (Wildman–Crippen LogP) is 0.106. The van der Waals surface area contributed by atoms with Gasteiger partial charge in [0.25, 0.3) is 11.5 Å². The molecule has 0 saturated carbocycles. The number of anilines is 1. The van der Waals surface area contributed by atoms with Crippen LogP contribution in [0.1, 0.15) is 27.1 Å². The molecule has 3 rings (SSSR count). The molecule has 1 aliphatic heterocycles. The van der Waals surface area contributed by atoms with E-state index in [9.17, 15) is 26.8 Å². The average molecular weight is 429 g/mol. The first-order valence-corrected chi connectivity index (χ1v) is 9.49. The zero-order valence-electron chi connectivity index (χ0n) is 17.7. The standard InChI is InChI=1S/C16H16F2N6O4S/c1-16(7-29(27,28)24(2)15(19)23-16)9-3-8(4-10(17)13(9)18)22-14(26)11-5-21-12(25)6-20-11/h3-6H,7H2,1-2H3,(H2,19,23)(H,21,25)(H,22,26)/t16-/m0/s1/i2D3. The molecular weight excluding hydrogens is 410 g/mol. The minimum atomic E-state index is -4.60. The van der Waals surface area contributed by atoms with E-state index in [2.05, 4.69) is 20.3 Å². The molecule has 0 unspecified atom stereocenters. The van der Waals surface area contributed by atoms with Crippen LogP contribution >= 0.6 is 0 Å². The molecule has 29 heavy (non-hydrogen) atoms. The van der Waals surface area contributed by atoms with Gasteiger partial charge in [-0.3, -0.25) is 9.59 Å². The normalized spacial score (nSPS) is 22.8. The van der Waals surface area contributed by atoms with Crippen molar-refractivity contribution in [2.45, 2.75) is 12.5 Å². The average Bonchev–Trinajstić information content (AvgIpc) is 2.61. The van der Waals surface area contributed by atoms with Crippen molar-refractivity contribution in [2.24, 2.45) is 10.7 Å². The first-order chi connectivity index (χ1) is 14.6. The lowest BCUT2D eigenvalue weighted by molar-refractivity contribution is 0.102. The van der Waals surface area contributed by atoms with Crippen LogP contribution in [-0.2, 0) is 15.6 Å². The number of nitrogens with zero attached hydrogens (tertiary/aromatic N) is 3. The van der Waals surface area contributed by atoms with Crippen LogP contribution in [-0.4, -0.2) is 47.3 Å². The van der Waals surface area contributed by atoms with Gasteiger partial charge in [0, 0.05) is 34.6 Å². The molecule has 2 heterocycles. The maximum absolute atomic E-state index is 14.7. The third-order valence-electron chi connectivity index (χ3n) is 4.08. The Bertz CT molecular complexity index is 1280. The number of nitrogens with one attached hydrogen (secondary N) is 2. The second-order valence-corrected chi connectivity index (χ2v) is 8.15. The minimum Gasteiger partial charge on any atom is -0.369 e. The Morgan fingerprint density at radius 3 is 2.76 bits per heavy atom. The molecule has 1 aromatic heterocycles. The Morgan fingerprint density at radius 1 is 1.45 bits per heavy atom. The molecule has 1 atom stereocenters. The number of carbonyl (C=O) groups excluding carboxylic acids is 1. The number of hydrogen-bond acceptors (Lipinski definition) is 7. The van der Waals surface area contributed by atoms with Gasteiger partial charge in [0.15, 0.2) is 11.6 Å². The molecule has 0 saturated heterocycles. The highest BCUT2D eigenvalue weighted by atomic mass is 32.2. The quantitative estimate of drug-likeness (QED) is 0.630. The van der Waals surface area contributed by atoms with E-state index >= 15 is 0 Å². The maximum Gasteiger partial charge on any atom is 0.275 e. The molecule has 1 aromatic carbocycles. The lowest BCUT2D eigenvalue weighted by atomic mass is 9.93. The summed E-state index contributed by atoms with van der Waals surface area (Å²) in [6.45, 7) is -2.04. The Balaban J connectivity index is 2.06. The number of hydrogen-bond donors (Lipinski definition) is 3. The van der Waals surface area contributed by atoms with Crippen LogP contribution < -0.4 is 16.6 Å². The number of aromatic amines is 1. The van der Waals surface area contributed by atoms with Crippen LogP contribution in [0.2, 0.25) is 0 Å². The first kappa shape index (κ1) is 16.6. The van der Waals surface area contributed by atoms with E-state index in [0.29, 0.717) is 6.07 Å². The van der Waals surface area contributed by atoms with Gasteiger partial charge in [-0.25, -0.2) is 31.5 Å². The van der Waals surface area contributed by atoms with Gasteiger partial charge in [-0.1, -0.05) is 0 Å². The molecule has 0 aliphatic carbocycles. The van der Waals surface area contributed by atoms with Gasteiger partial charge in [-0.15, -0.1) is 0 Å². The number of nitrogens with two attached hydrogens (primary N) is 1. The van der Waals surface area contributed by atoms with Gasteiger partial charge in [-0.2, -0.15) is 0 Å². The third-order valence-corrected chi connectivity index (χ3v) is 5.75. The summed E-state index contributed by atoms with van der Waals surface area (Å²) >= 11 is 0. The van der Waals surface area contributed by atoms with Crippen LogP contribution in [0.3, 0.4) is 0 Å². The molecule has 154 valence electrons. The van der Waals surface area contributed by atoms with Crippen LogP contribution in [0.25, 0.3) is 0 Å². The fourth-order valence-corrected chi connectivity index (χ4v) is 4.13. The first-order valence-electron chi connectivity index (χ1n) is 9.38. The van der Waals surface area contributed by atoms with E-state index in [4.69, 9.17) is 9.85 Å². The highest BCUT2D eigenvalue weighted by molar-refractivity contribution is 7.89. The van der Waals surface area contributed by atoms with Crippen LogP contribution in [0.5, 0.6) is 0 Å². The van der Waals surface area contributed by atoms with Gasteiger partial charge < -0.3 is 16.0 Å². The zero-order valence-corrected chi connectivity index (χ0v) is 15.5. The molecule has 10 nitrogen and oxygen atoms in total. The molecule has 2 aromatic rings. The summed E-state index contributed by atoms with van der Waals surface area (Å²) in [4.78, 5) is 33.0. The zero-order chi connectivity index (χ0) is 24.1. The van der Waals surface area contributed by atoms with Crippen molar-refractivity contribution in [3.8, 4) is 0 Å². The van der Waals surface area contributed by atoms with Crippen molar-refractivity contribution < 1.29 is 26.1 Å². The summed E-state index contributed by atoms with van der Waals surface area (Å²) in [5.41, 5.74) is 1.89. The number of aliphatic imine (C=N–C) groups is 1. The topological polar surface area (TPSA) is 151 Å². The minimum absolute atomic E-state index is 0.0660. The number of sulfonamides is 1. The van der Waals surface area contributed by atoms with Gasteiger partial charge in [0.2, 0.25) is 16.0 Å². The number of aromatic nitrogens is 2. The van der Waals surface area contributed by atoms with E-state index in [1.165, 1.54) is 0 Å². The van der Waals surface area contributed by atoms with E-state index in [-0.39, 0.29) is 15.7 Å². The number of rotatable bonds is 3. The molecule has 13 heteroatoms. The lowest BCUT2D eigenvalue weighted by Gasteiger charge is -2.34. The molecule has 1 aliphatic rings. The summed E-state index contributed by atoms with van der Waals surface area (Å²) in [7, 11) is -4.60. The van der Waals surface area contributed by atoms with E-state index in [1.807, 2.05) is 0 Å². The third kappa shape index (κ3) is 3.81. The molecule has 0 bridgehead atoms. The van der Waals surface area contributed by atoms with E-state index in [0.717, 1.165) is 25.4 Å². The molecule has 4 N–H and O–H groups in total. The fraction of sp³-hybridized carbons (Fsp3) is 0.250. The molecule has 0 radical (unpaired) electrons. The highest BCUT2D eigenvalue weighted by Gasteiger charge is 2.42. The molecule has 1 amide bonds.